The van der Waals surface area contributed by atoms with Gasteiger partial charge in [0.25, 0.3) is 0 Å². The third-order valence-corrected chi connectivity index (χ3v) is 5.15. The molecule has 2 rings (SSSR count). The predicted molar refractivity (Wildman–Crippen MR) is 66.1 cm³/mol. The van der Waals surface area contributed by atoms with Gasteiger partial charge in [0, 0.05) is 25.4 Å². The lowest BCUT2D eigenvalue weighted by atomic mass is 10.3. The summed E-state index contributed by atoms with van der Waals surface area (Å²) >= 11 is 0. The molecule has 1 heterocycles. The fourth-order valence-electron chi connectivity index (χ4n) is 2.22. The number of nitrogens with zero attached hydrogens (tertiary/aromatic N) is 1. The lowest BCUT2D eigenvalue weighted by Crippen LogP contribution is -2.33. The summed E-state index contributed by atoms with van der Waals surface area (Å²) in [4.78, 5) is 7.10. The molecular formula is C11H19N3O2S. The fraction of sp³-hybridized carbons (Fsp3) is 0.727. The second-order valence-corrected chi connectivity index (χ2v) is 6.53. The molecule has 6 heteroatoms. The molecule has 1 aliphatic carbocycles. The van der Waals surface area contributed by atoms with Crippen LogP contribution in [0.5, 0.6) is 0 Å². The minimum atomic E-state index is -3.08. The van der Waals surface area contributed by atoms with Crippen LogP contribution in [0.3, 0.4) is 0 Å². The fourth-order valence-corrected chi connectivity index (χ4v) is 3.84. The molecule has 96 valence electrons. The Morgan fingerprint density at radius 1 is 1.41 bits per heavy atom. The number of aromatic nitrogens is 2. The van der Waals surface area contributed by atoms with Gasteiger partial charge in [0.15, 0.2) is 0 Å². The number of H-pyrrole nitrogens is 1. The first kappa shape index (κ1) is 12.6. The molecule has 1 fully saturated rings. The van der Waals surface area contributed by atoms with E-state index in [4.69, 9.17) is 0 Å². The van der Waals surface area contributed by atoms with Crippen LogP contribution in [0.25, 0.3) is 0 Å². The lowest BCUT2D eigenvalue weighted by Gasteiger charge is -2.11. The van der Waals surface area contributed by atoms with E-state index < -0.39 is 10.0 Å². The SMILES string of the molecule is O=S(=O)(NCCCc1ncc[nH]1)C1CCCC1. The molecule has 17 heavy (non-hydrogen) atoms. The zero-order valence-corrected chi connectivity index (χ0v) is 10.7. The molecule has 0 atom stereocenters. The first-order chi connectivity index (χ1) is 8.18. The number of aryl methyl sites for hydroxylation is 1. The van der Waals surface area contributed by atoms with Crippen LogP contribution in [-0.4, -0.2) is 30.2 Å². The summed E-state index contributed by atoms with van der Waals surface area (Å²) in [6.45, 7) is 0.500. The van der Waals surface area contributed by atoms with Crippen molar-refractivity contribution in [3.8, 4) is 0 Å². The van der Waals surface area contributed by atoms with E-state index in [2.05, 4.69) is 14.7 Å². The molecule has 1 aromatic rings. The van der Waals surface area contributed by atoms with E-state index in [1.807, 2.05) is 0 Å². The Morgan fingerprint density at radius 3 is 2.82 bits per heavy atom. The van der Waals surface area contributed by atoms with Crippen molar-refractivity contribution in [2.75, 3.05) is 6.54 Å². The molecule has 0 spiro atoms. The van der Waals surface area contributed by atoms with E-state index in [0.29, 0.717) is 6.54 Å². The van der Waals surface area contributed by atoms with Crippen molar-refractivity contribution in [3.05, 3.63) is 18.2 Å². The topological polar surface area (TPSA) is 74.8 Å². The highest BCUT2D eigenvalue weighted by Crippen LogP contribution is 2.23. The quantitative estimate of drug-likeness (QED) is 0.752. The van der Waals surface area contributed by atoms with Gasteiger partial charge in [-0.1, -0.05) is 12.8 Å². The average Bonchev–Trinajstić information content (AvgIpc) is 2.97. The summed E-state index contributed by atoms with van der Waals surface area (Å²) in [7, 11) is -3.08. The predicted octanol–water partition coefficient (Wildman–Crippen LogP) is 1.20. The van der Waals surface area contributed by atoms with Gasteiger partial charge < -0.3 is 4.98 Å². The summed E-state index contributed by atoms with van der Waals surface area (Å²) < 4.78 is 26.4. The van der Waals surface area contributed by atoms with Crippen molar-refractivity contribution in [3.63, 3.8) is 0 Å². The third kappa shape index (κ3) is 3.54. The van der Waals surface area contributed by atoms with Crippen LogP contribution in [0.15, 0.2) is 12.4 Å². The molecule has 1 aromatic heterocycles. The highest BCUT2D eigenvalue weighted by molar-refractivity contribution is 7.90. The van der Waals surface area contributed by atoms with E-state index in [-0.39, 0.29) is 5.25 Å². The van der Waals surface area contributed by atoms with Crippen molar-refractivity contribution in [2.24, 2.45) is 0 Å². The van der Waals surface area contributed by atoms with Gasteiger partial charge in [0.05, 0.1) is 5.25 Å². The van der Waals surface area contributed by atoms with Crippen LogP contribution in [0, 0.1) is 0 Å². The summed E-state index contributed by atoms with van der Waals surface area (Å²) in [5.41, 5.74) is 0. The molecule has 0 amide bonds. The normalized spacial score (nSPS) is 17.6. The van der Waals surface area contributed by atoms with Gasteiger partial charge in [-0.25, -0.2) is 18.1 Å². The van der Waals surface area contributed by atoms with Crippen LogP contribution in [-0.2, 0) is 16.4 Å². The van der Waals surface area contributed by atoms with Gasteiger partial charge in [0.2, 0.25) is 10.0 Å². The largest absolute Gasteiger partial charge is 0.349 e. The number of imidazole rings is 1. The van der Waals surface area contributed by atoms with Crippen LogP contribution in [0.4, 0.5) is 0 Å². The molecule has 2 N–H and O–H groups in total. The molecule has 0 unspecified atom stereocenters. The number of aromatic amines is 1. The van der Waals surface area contributed by atoms with Crippen molar-refractivity contribution in [1.82, 2.24) is 14.7 Å². The van der Waals surface area contributed by atoms with Crippen molar-refractivity contribution < 1.29 is 8.42 Å². The number of hydrogen-bond acceptors (Lipinski definition) is 3. The number of nitrogens with one attached hydrogen (secondary N) is 2. The zero-order valence-electron chi connectivity index (χ0n) is 9.85. The van der Waals surface area contributed by atoms with Gasteiger partial charge >= 0.3 is 0 Å². The van der Waals surface area contributed by atoms with E-state index in [0.717, 1.165) is 44.3 Å². The van der Waals surface area contributed by atoms with Crippen LogP contribution < -0.4 is 4.72 Å². The maximum atomic E-state index is 11.9. The zero-order chi connectivity index (χ0) is 12.1. The van der Waals surface area contributed by atoms with Crippen LogP contribution in [0.2, 0.25) is 0 Å². The highest BCUT2D eigenvalue weighted by Gasteiger charge is 2.27. The smallest absolute Gasteiger partial charge is 0.214 e. The van der Waals surface area contributed by atoms with Crippen molar-refractivity contribution >= 4 is 10.0 Å². The van der Waals surface area contributed by atoms with E-state index >= 15 is 0 Å². The molecule has 0 aromatic carbocycles. The van der Waals surface area contributed by atoms with Gasteiger partial charge in [-0.3, -0.25) is 0 Å². The van der Waals surface area contributed by atoms with Crippen LogP contribution in [0.1, 0.15) is 37.9 Å². The van der Waals surface area contributed by atoms with E-state index in [1.165, 1.54) is 0 Å². The van der Waals surface area contributed by atoms with E-state index in [9.17, 15) is 8.42 Å². The minimum absolute atomic E-state index is 0.161. The van der Waals surface area contributed by atoms with Crippen molar-refractivity contribution in [2.45, 2.75) is 43.8 Å². The molecule has 0 saturated heterocycles. The summed E-state index contributed by atoms with van der Waals surface area (Å²) in [6, 6.07) is 0. The Balaban J connectivity index is 1.70. The molecule has 5 nitrogen and oxygen atoms in total. The average molecular weight is 257 g/mol. The Labute approximate surface area is 102 Å². The Kier molecular flexibility index (Phi) is 4.17. The summed E-state index contributed by atoms with van der Waals surface area (Å²) in [5.74, 6) is 0.907. The van der Waals surface area contributed by atoms with Gasteiger partial charge in [-0.15, -0.1) is 0 Å². The second-order valence-electron chi connectivity index (χ2n) is 4.49. The Hall–Kier alpha value is -0.880. The van der Waals surface area contributed by atoms with Gasteiger partial charge in [0.1, 0.15) is 5.82 Å². The van der Waals surface area contributed by atoms with Crippen molar-refractivity contribution in [1.29, 1.82) is 0 Å². The molecule has 0 radical (unpaired) electrons. The summed E-state index contributed by atoms with van der Waals surface area (Å²) in [5, 5.41) is -0.161. The summed E-state index contributed by atoms with van der Waals surface area (Å²) in [6.07, 6.45) is 8.74. The third-order valence-electron chi connectivity index (χ3n) is 3.19. The highest BCUT2D eigenvalue weighted by atomic mass is 32.2. The standard InChI is InChI=1S/C11H19N3O2S/c15-17(16,10-4-1-2-5-10)14-7-3-6-11-12-8-9-13-11/h8-10,14H,1-7H2,(H,12,13). The Morgan fingerprint density at radius 2 is 2.18 bits per heavy atom. The number of hydrogen-bond donors (Lipinski definition) is 2. The van der Waals surface area contributed by atoms with Crippen LogP contribution >= 0.6 is 0 Å². The first-order valence-corrected chi connectivity index (χ1v) is 7.70. The van der Waals surface area contributed by atoms with Gasteiger partial charge in [-0.05, 0) is 19.3 Å². The molecule has 1 aliphatic rings. The lowest BCUT2D eigenvalue weighted by molar-refractivity contribution is 0.561. The number of sulfonamides is 1. The molecular weight excluding hydrogens is 238 g/mol. The maximum absolute atomic E-state index is 11.9. The maximum Gasteiger partial charge on any atom is 0.214 e. The first-order valence-electron chi connectivity index (χ1n) is 6.15. The Bertz CT molecular complexity index is 422. The minimum Gasteiger partial charge on any atom is -0.349 e. The molecule has 1 saturated carbocycles. The molecule has 0 bridgehead atoms. The monoisotopic (exact) mass is 257 g/mol. The number of rotatable bonds is 6. The molecule has 0 aliphatic heterocycles. The van der Waals surface area contributed by atoms with E-state index in [1.54, 1.807) is 12.4 Å². The van der Waals surface area contributed by atoms with Gasteiger partial charge in [-0.2, -0.15) is 0 Å². The second kappa shape index (κ2) is 5.64.